The van der Waals surface area contributed by atoms with Crippen LogP contribution < -0.4 is 10.3 Å². The van der Waals surface area contributed by atoms with Gasteiger partial charge in [0.15, 0.2) is 11.9 Å². The van der Waals surface area contributed by atoms with Gasteiger partial charge < -0.3 is 10.1 Å². The van der Waals surface area contributed by atoms with Crippen LogP contribution in [0.3, 0.4) is 0 Å². The molecule has 1 N–H and O–H groups in total. The summed E-state index contributed by atoms with van der Waals surface area (Å²) in [5, 5.41) is 13.2. The summed E-state index contributed by atoms with van der Waals surface area (Å²) in [6.45, 7) is 6.20. The molecule has 3 aromatic rings. The summed E-state index contributed by atoms with van der Waals surface area (Å²) in [5.74, 6) is -1.36. The third-order valence-electron chi connectivity index (χ3n) is 8.21. The third kappa shape index (κ3) is 8.45. The van der Waals surface area contributed by atoms with Crippen LogP contribution in [0.15, 0.2) is 66.0 Å². The molecule has 0 saturated heterocycles. The van der Waals surface area contributed by atoms with Crippen molar-refractivity contribution in [3.05, 3.63) is 81.6 Å². The average molecular weight is 675 g/mol. The maximum Gasteiger partial charge on any atom is 0.308 e. The first-order valence-corrected chi connectivity index (χ1v) is 16.3. The molecule has 3 unspecified atom stereocenters. The molecule has 0 aliphatic carbocycles. The largest absolute Gasteiger partial charge is 0.465 e. The zero-order valence-electron chi connectivity index (χ0n) is 25.6. The Hall–Kier alpha value is -3.40. The normalized spacial score (nSPS) is 16.7. The quantitative estimate of drug-likeness (QED) is 0.140. The average Bonchev–Trinajstić information content (AvgIpc) is 3.65. The first-order chi connectivity index (χ1) is 21.6. The number of hydrogen-bond acceptors (Lipinski definition) is 6. The number of carbonyl (C=O) groups is 3. The van der Waals surface area contributed by atoms with Crippen molar-refractivity contribution < 1.29 is 19.1 Å². The number of hydrogen-bond donors (Lipinski definition) is 1. The fraction of sp³-hybridized carbons (Fsp3) is 0.424. The minimum absolute atomic E-state index is 0.0788. The van der Waals surface area contributed by atoms with E-state index in [1.165, 1.54) is 23.0 Å². The Bertz CT molecular complexity index is 1490. The smallest absolute Gasteiger partial charge is 0.308 e. The first-order valence-electron chi connectivity index (χ1n) is 15.2. The maximum atomic E-state index is 13.9. The lowest BCUT2D eigenvalue weighted by Gasteiger charge is -2.29. The van der Waals surface area contributed by atoms with Crippen molar-refractivity contribution in [3.8, 4) is 0 Å². The molecule has 2 aromatic carbocycles. The number of nitrogens with zero attached hydrogens (tertiary/aromatic N) is 4. The molecule has 2 heterocycles. The number of aryl methyl sites for hydroxylation is 1. The maximum absolute atomic E-state index is 13.9. The molecule has 0 spiro atoms. The van der Waals surface area contributed by atoms with E-state index in [-0.39, 0.29) is 39.4 Å². The SMILES string of the molecule is CCCCOC(=O)C(CCc1ccccc1)CCC(C)(CC)C(=O)NC1=NN(c2c(Cl)cc(Cl)cc2Cl)C(=O)C1n1cccn1. The molecule has 0 fully saturated rings. The number of benzene rings is 2. The predicted molar refractivity (Wildman–Crippen MR) is 178 cm³/mol. The van der Waals surface area contributed by atoms with E-state index in [2.05, 4.69) is 15.5 Å². The number of ether oxygens (including phenoxy) is 1. The molecular formula is C33H38Cl3N5O4. The molecule has 0 saturated carbocycles. The van der Waals surface area contributed by atoms with E-state index in [9.17, 15) is 14.4 Å². The molecule has 1 aromatic heterocycles. The summed E-state index contributed by atoms with van der Waals surface area (Å²) in [6.07, 6.45) is 7.57. The molecule has 4 rings (SSSR count). The molecule has 0 bridgehead atoms. The highest BCUT2D eigenvalue weighted by Crippen LogP contribution is 2.40. The van der Waals surface area contributed by atoms with Crippen LogP contribution >= 0.6 is 34.8 Å². The molecule has 1 aliphatic rings. The number of hydrazone groups is 1. The van der Waals surface area contributed by atoms with E-state index in [1.54, 1.807) is 12.3 Å². The van der Waals surface area contributed by atoms with Crippen molar-refractivity contribution >= 4 is 64.1 Å². The number of rotatable bonds is 14. The monoisotopic (exact) mass is 673 g/mol. The van der Waals surface area contributed by atoms with Crippen LogP contribution in [0.1, 0.15) is 70.9 Å². The third-order valence-corrected chi connectivity index (χ3v) is 9.00. The van der Waals surface area contributed by atoms with Gasteiger partial charge in [0.1, 0.15) is 5.69 Å². The Morgan fingerprint density at radius 1 is 1.07 bits per heavy atom. The number of aromatic nitrogens is 2. The molecule has 45 heavy (non-hydrogen) atoms. The second-order valence-corrected chi connectivity index (χ2v) is 12.6. The van der Waals surface area contributed by atoms with E-state index in [1.807, 2.05) is 51.1 Å². The van der Waals surface area contributed by atoms with Crippen molar-refractivity contribution in [2.75, 3.05) is 11.6 Å². The van der Waals surface area contributed by atoms with Gasteiger partial charge in [-0.3, -0.25) is 19.1 Å². The van der Waals surface area contributed by atoms with Crippen LogP contribution in [0, 0.1) is 11.3 Å². The summed E-state index contributed by atoms with van der Waals surface area (Å²) >= 11 is 18.9. The van der Waals surface area contributed by atoms with Gasteiger partial charge in [0, 0.05) is 22.8 Å². The topological polar surface area (TPSA) is 106 Å². The highest BCUT2D eigenvalue weighted by Gasteiger charge is 2.43. The highest BCUT2D eigenvalue weighted by atomic mass is 35.5. The van der Waals surface area contributed by atoms with E-state index < -0.39 is 17.4 Å². The Balaban J connectivity index is 1.54. The zero-order chi connectivity index (χ0) is 32.6. The summed E-state index contributed by atoms with van der Waals surface area (Å²) in [5.41, 5.74) is 0.409. The lowest BCUT2D eigenvalue weighted by Crippen LogP contribution is -2.45. The highest BCUT2D eigenvalue weighted by molar-refractivity contribution is 6.42. The fourth-order valence-electron chi connectivity index (χ4n) is 5.12. The van der Waals surface area contributed by atoms with Crippen LogP contribution in [0.25, 0.3) is 0 Å². The zero-order valence-corrected chi connectivity index (χ0v) is 27.9. The predicted octanol–water partition coefficient (Wildman–Crippen LogP) is 7.65. The molecule has 3 atom stereocenters. The molecule has 12 heteroatoms. The molecule has 1 aliphatic heterocycles. The molecule has 9 nitrogen and oxygen atoms in total. The summed E-state index contributed by atoms with van der Waals surface area (Å²) in [7, 11) is 0. The number of amides is 2. The Labute approximate surface area is 278 Å². The van der Waals surface area contributed by atoms with Gasteiger partial charge >= 0.3 is 5.97 Å². The van der Waals surface area contributed by atoms with Crippen LogP contribution in [0.4, 0.5) is 5.69 Å². The van der Waals surface area contributed by atoms with Crippen molar-refractivity contribution in [2.45, 2.75) is 71.8 Å². The van der Waals surface area contributed by atoms with Gasteiger partial charge in [0.25, 0.3) is 5.91 Å². The molecule has 0 radical (unpaired) electrons. The minimum atomic E-state index is -1.06. The van der Waals surface area contributed by atoms with Crippen LogP contribution in [-0.2, 0) is 25.5 Å². The van der Waals surface area contributed by atoms with Crippen LogP contribution in [0.5, 0.6) is 0 Å². The van der Waals surface area contributed by atoms with Gasteiger partial charge in [-0.1, -0.05) is 92.3 Å². The molecule has 240 valence electrons. The lowest BCUT2D eigenvalue weighted by molar-refractivity contribution is -0.149. The summed E-state index contributed by atoms with van der Waals surface area (Å²) in [4.78, 5) is 40.7. The number of amidine groups is 1. The second-order valence-electron chi connectivity index (χ2n) is 11.4. The number of halogens is 3. The van der Waals surface area contributed by atoms with Crippen LogP contribution in [0.2, 0.25) is 15.1 Å². The number of unbranched alkanes of at least 4 members (excludes halogenated alkanes) is 1. The van der Waals surface area contributed by atoms with Crippen molar-refractivity contribution in [1.82, 2.24) is 15.1 Å². The Kier molecular flexibility index (Phi) is 12.1. The van der Waals surface area contributed by atoms with Gasteiger partial charge in [-0.05, 0) is 62.3 Å². The number of anilines is 1. The lowest BCUT2D eigenvalue weighted by atomic mass is 9.78. The van der Waals surface area contributed by atoms with Gasteiger partial charge in [0.2, 0.25) is 5.91 Å². The van der Waals surface area contributed by atoms with Crippen molar-refractivity contribution in [2.24, 2.45) is 16.4 Å². The van der Waals surface area contributed by atoms with Crippen molar-refractivity contribution in [3.63, 3.8) is 0 Å². The standard InChI is InChI=1S/C33H38Cl3N5O4/c1-4-6-19-45-31(43)23(14-13-22-11-8-7-9-12-22)15-16-33(3,5-2)32(44)38-29-28(40-18-10-17-37-40)30(42)41(39-29)27-25(35)20-24(34)21-26(27)36/h7-12,17-18,20-21,23,28H,4-6,13-16,19H2,1-3H3,(H,38,39,44). The van der Waals surface area contributed by atoms with Crippen molar-refractivity contribution in [1.29, 1.82) is 0 Å². The van der Waals surface area contributed by atoms with Gasteiger partial charge in [0.05, 0.1) is 22.6 Å². The first kappa shape index (κ1) is 34.5. The van der Waals surface area contributed by atoms with E-state index >= 15 is 0 Å². The number of esters is 1. The summed E-state index contributed by atoms with van der Waals surface area (Å²) < 4.78 is 7.02. The molecular weight excluding hydrogens is 637 g/mol. The van der Waals surface area contributed by atoms with E-state index in [0.29, 0.717) is 37.3 Å². The van der Waals surface area contributed by atoms with Gasteiger partial charge in [-0.25, -0.2) is 0 Å². The van der Waals surface area contributed by atoms with E-state index in [4.69, 9.17) is 39.5 Å². The summed E-state index contributed by atoms with van der Waals surface area (Å²) in [6, 6.07) is 13.5. The number of carbonyl (C=O) groups excluding carboxylic acids is 3. The van der Waals surface area contributed by atoms with Gasteiger partial charge in [-0.15, -0.1) is 5.10 Å². The number of nitrogens with one attached hydrogen (secondary N) is 1. The van der Waals surface area contributed by atoms with Crippen LogP contribution in [-0.4, -0.2) is 40.0 Å². The fourth-order valence-corrected chi connectivity index (χ4v) is 6.10. The van der Waals surface area contributed by atoms with Gasteiger partial charge in [-0.2, -0.15) is 10.1 Å². The minimum Gasteiger partial charge on any atom is -0.465 e. The Morgan fingerprint density at radius 2 is 1.78 bits per heavy atom. The Morgan fingerprint density at radius 3 is 2.40 bits per heavy atom. The second kappa shape index (κ2) is 15.7. The van der Waals surface area contributed by atoms with E-state index in [0.717, 1.165) is 29.8 Å². The molecule has 2 amide bonds.